The van der Waals surface area contributed by atoms with E-state index in [2.05, 4.69) is 23.1 Å². The number of para-hydroxylation sites is 1. The smallest absolute Gasteiger partial charge is 0.248 e. The number of hydrogen-bond donors (Lipinski definition) is 1. The van der Waals surface area contributed by atoms with Crippen LogP contribution in [0.1, 0.15) is 41.3 Å². The van der Waals surface area contributed by atoms with Gasteiger partial charge in [0.25, 0.3) is 0 Å². The monoisotopic (exact) mass is 377 g/mol. The number of piperidine rings is 1. The maximum Gasteiger partial charge on any atom is 0.248 e. The van der Waals surface area contributed by atoms with Crippen molar-refractivity contribution in [2.24, 2.45) is 11.1 Å². The van der Waals surface area contributed by atoms with Gasteiger partial charge in [-0.2, -0.15) is 0 Å². The minimum Gasteiger partial charge on any atom is -0.366 e. The van der Waals surface area contributed by atoms with Gasteiger partial charge in [0, 0.05) is 43.2 Å². The largest absolute Gasteiger partial charge is 0.366 e. The minimum absolute atomic E-state index is 0.0829. The highest BCUT2D eigenvalue weighted by atomic mass is 16.2. The van der Waals surface area contributed by atoms with Crippen molar-refractivity contribution in [2.75, 3.05) is 24.5 Å². The van der Waals surface area contributed by atoms with Crippen molar-refractivity contribution >= 4 is 17.5 Å². The average Bonchev–Trinajstić information content (AvgIpc) is 2.67. The highest BCUT2D eigenvalue weighted by Crippen LogP contribution is 2.42. The third kappa shape index (κ3) is 3.67. The highest BCUT2D eigenvalue weighted by molar-refractivity contribution is 5.93. The van der Waals surface area contributed by atoms with Gasteiger partial charge in [-0.1, -0.05) is 30.3 Å². The summed E-state index contributed by atoms with van der Waals surface area (Å²) in [6.07, 6.45) is 3.25. The first-order valence-corrected chi connectivity index (χ1v) is 9.93. The van der Waals surface area contributed by atoms with E-state index in [9.17, 15) is 9.59 Å². The maximum atomic E-state index is 12.3. The van der Waals surface area contributed by atoms with Gasteiger partial charge < -0.3 is 10.6 Å². The molecule has 0 aliphatic carbocycles. The van der Waals surface area contributed by atoms with Crippen molar-refractivity contribution in [1.29, 1.82) is 0 Å². The van der Waals surface area contributed by atoms with Gasteiger partial charge in [0.15, 0.2) is 0 Å². The van der Waals surface area contributed by atoms with Crippen LogP contribution in [-0.4, -0.2) is 36.3 Å². The van der Waals surface area contributed by atoms with E-state index in [1.807, 2.05) is 29.2 Å². The van der Waals surface area contributed by atoms with Crippen LogP contribution in [0.5, 0.6) is 0 Å². The molecule has 0 bridgehead atoms. The van der Waals surface area contributed by atoms with E-state index in [4.69, 9.17) is 5.73 Å². The van der Waals surface area contributed by atoms with Gasteiger partial charge in [-0.3, -0.25) is 14.5 Å². The molecule has 0 saturated carbocycles. The number of hydrogen-bond acceptors (Lipinski definition) is 3. The third-order valence-corrected chi connectivity index (χ3v) is 6.08. The van der Waals surface area contributed by atoms with Gasteiger partial charge in [0.1, 0.15) is 0 Å². The number of likely N-dealkylation sites (tertiary alicyclic amines) is 1. The van der Waals surface area contributed by atoms with Crippen LogP contribution in [0.4, 0.5) is 5.69 Å². The number of amides is 2. The van der Waals surface area contributed by atoms with Gasteiger partial charge >= 0.3 is 0 Å². The molecule has 1 saturated heterocycles. The van der Waals surface area contributed by atoms with Crippen LogP contribution in [-0.2, 0) is 17.8 Å². The third-order valence-electron chi connectivity index (χ3n) is 6.08. The molecular formula is C23H27N3O2. The Bertz CT molecular complexity index is 910. The van der Waals surface area contributed by atoms with Crippen LogP contribution >= 0.6 is 0 Å². The lowest BCUT2D eigenvalue weighted by molar-refractivity contribution is -0.117. The summed E-state index contributed by atoms with van der Waals surface area (Å²) >= 11 is 0. The van der Waals surface area contributed by atoms with E-state index in [0.29, 0.717) is 5.56 Å². The zero-order chi connectivity index (χ0) is 19.7. The predicted octanol–water partition coefficient (Wildman–Crippen LogP) is 2.98. The van der Waals surface area contributed by atoms with E-state index in [1.165, 1.54) is 5.56 Å². The van der Waals surface area contributed by atoms with Crippen LogP contribution < -0.4 is 10.6 Å². The van der Waals surface area contributed by atoms with Crippen LogP contribution in [0.2, 0.25) is 0 Å². The standard InChI is InChI=1S/C23H27N3O2/c1-17(27)26-16-23(13-20-7-2-3-9-21(20)26)10-5-11-25(15-23)14-18-6-4-8-19(12-18)22(24)28/h2-4,6-9,12H,5,10-11,13-16H2,1H3,(H2,24,28). The van der Waals surface area contributed by atoms with Crippen molar-refractivity contribution in [3.05, 3.63) is 65.2 Å². The van der Waals surface area contributed by atoms with E-state index in [1.54, 1.807) is 13.0 Å². The second-order valence-electron chi connectivity index (χ2n) is 8.29. The molecule has 2 aliphatic heterocycles. The van der Waals surface area contributed by atoms with Gasteiger partial charge in [0.2, 0.25) is 11.8 Å². The van der Waals surface area contributed by atoms with Crippen LogP contribution in [0.25, 0.3) is 0 Å². The summed E-state index contributed by atoms with van der Waals surface area (Å²) in [7, 11) is 0. The molecule has 2 aromatic carbocycles. The SMILES string of the molecule is CC(=O)N1CC2(CCCN(Cc3cccc(C(N)=O)c3)C2)Cc2ccccc21. The van der Waals surface area contributed by atoms with Gasteiger partial charge in [0.05, 0.1) is 0 Å². The second kappa shape index (κ2) is 7.40. The predicted molar refractivity (Wildman–Crippen MR) is 110 cm³/mol. The van der Waals surface area contributed by atoms with E-state index in [-0.39, 0.29) is 11.3 Å². The van der Waals surface area contributed by atoms with E-state index < -0.39 is 5.91 Å². The zero-order valence-electron chi connectivity index (χ0n) is 16.4. The summed E-state index contributed by atoms with van der Waals surface area (Å²) in [5.74, 6) is -0.282. The van der Waals surface area contributed by atoms with Gasteiger partial charge in [-0.05, 0) is 55.1 Å². The maximum absolute atomic E-state index is 12.3. The molecular weight excluding hydrogens is 350 g/mol. The van der Waals surface area contributed by atoms with E-state index in [0.717, 1.165) is 56.7 Å². The molecule has 2 aliphatic rings. The molecule has 1 atom stereocenters. The van der Waals surface area contributed by atoms with Crippen LogP contribution in [0, 0.1) is 5.41 Å². The first-order chi connectivity index (χ1) is 13.5. The second-order valence-corrected chi connectivity index (χ2v) is 8.29. The Morgan fingerprint density at radius 1 is 1.11 bits per heavy atom. The Hall–Kier alpha value is -2.66. The molecule has 146 valence electrons. The average molecular weight is 377 g/mol. The molecule has 2 heterocycles. The van der Waals surface area contributed by atoms with E-state index >= 15 is 0 Å². The molecule has 1 fully saturated rings. The number of anilines is 1. The number of nitrogens with two attached hydrogens (primary N) is 1. The van der Waals surface area contributed by atoms with Crippen molar-refractivity contribution in [3.63, 3.8) is 0 Å². The van der Waals surface area contributed by atoms with Gasteiger partial charge in [-0.15, -0.1) is 0 Å². The molecule has 5 nitrogen and oxygen atoms in total. The summed E-state index contributed by atoms with van der Waals surface area (Å²) in [5, 5.41) is 0. The molecule has 0 aromatic heterocycles. The zero-order valence-corrected chi connectivity index (χ0v) is 16.4. The molecule has 4 rings (SSSR count). The summed E-state index contributed by atoms with van der Waals surface area (Å²) in [5.41, 5.74) is 9.50. The molecule has 2 aromatic rings. The Balaban J connectivity index is 1.56. The Labute approximate surface area is 166 Å². The van der Waals surface area contributed by atoms with Crippen molar-refractivity contribution < 1.29 is 9.59 Å². The normalized spacial score (nSPS) is 22.1. The number of carbonyl (C=O) groups is 2. The summed E-state index contributed by atoms with van der Waals surface area (Å²) < 4.78 is 0. The summed E-state index contributed by atoms with van der Waals surface area (Å²) in [4.78, 5) is 28.2. The molecule has 2 amide bonds. The number of carbonyl (C=O) groups excluding carboxylic acids is 2. The number of benzene rings is 2. The fourth-order valence-corrected chi connectivity index (χ4v) is 4.88. The van der Waals surface area contributed by atoms with Crippen molar-refractivity contribution in [3.8, 4) is 0 Å². The van der Waals surface area contributed by atoms with Gasteiger partial charge in [-0.25, -0.2) is 0 Å². The number of rotatable bonds is 3. The molecule has 1 spiro atoms. The minimum atomic E-state index is -0.391. The number of nitrogens with zero attached hydrogens (tertiary/aromatic N) is 2. The van der Waals surface area contributed by atoms with Crippen molar-refractivity contribution in [1.82, 2.24) is 4.90 Å². The first-order valence-electron chi connectivity index (χ1n) is 9.93. The highest BCUT2D eigenvalue weighted by Gasteiger charge is 2.42. The fraction of sp³-hybridized carbons (Fsp3) is 0.391. The Morgan fingerprint density at radius 2 is 1.93 bits per heavy atom. The van der Waals surface area contributed by atoms with Crippen LogP contribution in [0.15, 0.2) is 48.5 Å². The molecule has 1 unspecified atom stereocenters. The summed E-state index contributed by atoms with van der Waals surface area (Å²) in [6.45, 7) is 5.21. The number of primary amides is 1. The quantitative estimate of drug-likeness (QED) is 0.894. The number of fused-ring (bicyclic) bond motifs is 1. The first kappa shape index (κ1) is 18.7. The molecule has 0 radical (unpaired) electrons. The Morgan fingerprint density at radius 3 is 2.71 bits per heavy atom. The lowest BCUT2D eigenvalue weighted by Gasteiger charge is -2.49. The molecule has 2 N–H and O–H groups in total. The van der Waals surface area contributed by atoms with Crippen LogP contribution in [0.3, 0.4) is 0 Å². The Kier molecular flexibility index (Phi) is 4.94. The topological polar surface area (TPSA) is 66.6 Å². The van der Waals surface area contributed by atoms with Crippen molar-refractivity contribution in [2.45, 2.75) is 32.7 Å². The molecule has 5 heteroatoms. The molecule has 28 heavy (non-hydrogen) atoms. The lowest BCUT2D eigenvalue weighted by Crippen LogP contribution is -2.53. The lowest BCUT2D eigenvalue weighted by atomic mass is 9.72. The summed E-state index contributed by atoms with van der Waals surface area (Å²) in [6, 6.07) is 15.9. The fourth-order valence-electron chi connectivity index (χ4n) is 4.88.